The Labute approximate surface area is 200 Å². The highest BCUT2D eigenvalue weighted by molar-refractivity contribution is 6.51. The molecule has 0 radical (unpaired) electrons. The summed E-state index contributed by atoms with van der Waals surface area (Å²) in [5.74, 6) is -3.30. The molecule has 1 unspecified atom stereocenters. The SMILES string of the molecule is O=C1C(=O)N(c2ccc(C(F)(F)F)cc2)C(c2ccc(F)cc2)/C1=C(/O)c1ccc(Cl)c(Cl)c1. The van der Waals surface area contributed by atoms with E-state index in [0.717, 1.165) is 41.3 Å². The first-order valence-corrected chi connectivity index (χ1v) is 10.4. The molecule has 0 bridgehead atoms. The van der Waals surface area contributed by atoms with Crippen LogP contribution in [0.15, 0.2) is 72.3 Å². The van der Waals surface area contributed by atoms with E-state index in [-0.39, 0.29) is 32.4 Å². The highest BCUT2D eigenvalue weighted by Crippen LogP contribution is 2.43. The van der Waals surface area contributed by atoms with Crippen LogP contribution >= 0.6 is 23.2 Å². The molecule has 3 aromatic carbocycles. The van der Waals surface area contributed by atoms with Gasteiger partial charge in [-0.25, -0.2) is 4.39 Å². The quantitative estimate of drug-likeness (QED) is 0.183. The van der Waals surface area contributed by atoms with E-state index in [9.17, 15) is 32.3 Å². The summed E-state index contributed by atoms with van der Waals surface area (Å²) in [7, 11) is 0. The molecular weight excluding hydrogens is 497 g/mol. The molecule has 0 aliphatic carbocycles. The summed E-state index contributed by atoms with van der Waals surface area (Å²) in [6.45, 7) is 0. The molecule has 0 aromatic heterocycles. The molecule has 10 heteroatoms. The van der Waals surface area contributed by atoms with Crippen LogP contribution in [0.3, 0.4) is 0 Å². The minimum atomic E-state index is -4.60. The van der Waals surface area contributed by atoms with Gasteiger partial charge in [-0.05, 0) is 60.2 Å². The van der Waals surface area contributed by atoms with Crippen LogP contribution in [0.25, 0.3) is 5.76 Å². The molecule has 34 heavy (non-hydrogen) atoms. The van der Waals surface area contributed by atoms with Crippen LogP contribution in [0.2, 0.25) is 10.0 Å². The summed E-state index contributed by atoms with van der Waals surface area (Å²) >= 11 is 11.9. The monoisotopic (exact) mass is 509 g/mol. The minimum Gasteiger partial charge on any atom is -0.507 e. The number of carbonyl (C=O) groups excluding carboxylic acids is 2. The fourth-order valence-corrected chi connectivity index (χ4v) is 3.97. The Morgan fingerprint density at radius 2 is 1.50 bits per heavy atom. The highest BCUT2D eigenvalue weighted by Gasteiger charge is 2.47. The number of rotatable bonds is 3. The second-order valence-corrected chi connectivity index (χ2v) is 8.21. The zero-order chi connectivity index (χ0) is 24.8. The van der Waals surface area contributed by atoms with Crippen molar-refractivity contribution in [2.75, 3.05) is 4.90 Å². The number of ketones is 1. The van der Waals surface area contributed by atoms with Gasteiger partial charge in [-0.2, -0.15) is 13.2 Å². The van der Waals surface area contributed by atoms with E-state index in [4.69, 9.17) is 23.2 Å². The summed E-state index contributed by atoms with van der Waals surface area (Å²) in [5.41, 5.74) is -0.955. The molecule has 1 fully saturated rings. The summed E-state index contributed by atoms with van der Waals surface area (Å²) in [5, 5.41) is 11.3. The van der Waals surface area contributed by atoms with Crippen molar-refractivity contribution >= 4 is 46.3 Å². The number of carbonyl (C=O) groups is 2. The van der Waals surface area contributed by atoms with Gasteiger partial charge in [0.2, 0.25) is 0 Å². The number of benzene rings is 3. The van der Waals surface area contributed by atoms with Crippen molar-refractivity contribution in [3.8, 4) is 0 Å². The number of hydrogen-bond donors (Lipinski definition) is 1. The average Bonchev–Trinajstić information content (AvgIpc) is 3.06. The molecule has 1 aliphatic rings. The van der Waals surface area contributed by atoms with Crippen molar-refractivity contribution < 1.29 is 32.3 Å². The van der Waals surface area contributed by atoms with Gasteiger partial charge >= 0.3 is 6.18 Å². The van der Waals surface area contributed by atoms with Crippen LogP contribution in [-0.4, -0.2) is 16.8 Å². The van der Waals surface area contributed by atoms with Crippen LogP contribution in [-0.2, 0) is 15.8 Å². The van der Waals surface area contributed by atoms with E-state index in [1.54, 1.807) is 0 Å². The third kappa shape index (κ3) is 4.26. The number of hydrogen-bond acceptors (Lipinski definition) is 3. The number of halogens is 6. The van der Waals surface area contributed by atoms with E-state index in [0.29, 0.717) is 0 Å². The molecule has 3 aromatic rings. The number of alkyl halides is 3. The van der Waals surface area contributed by atoms with E-state index in [1.807, 2.05) is 0 Å². The second kappa shape index (κ2) is 8.77. The number of nitrogens with zero attached hydrogens (tertiary/aromatic N) is 1. The Balaban J connectivity index is 1.91. The highest BCUT2D eigenvalue weighted by atomic mass is 35.5. The first-order valence-electron chi connectivity index (χ1n) is 9.68. The predicted octanol–water partition coefficient (Wildman–Crippen LogP) is 6.78. The molecule has 1 saturated heterocycles. The van der Waals surface area contributed by atoms with Crippen LogP contribution < -0.4 is 4.90 Å². The summed E-state index contributed by atoms with van der Waals surface area (Å²) in [4.78, 5) is 27.0. The molecule has 1 aliphatic heterocycles. The molecular formula is C24H13Cl2F4NO3. The van der Waals surface area contributed by atoms with Gasteiger partial charge in [0.15, 0.2) is 0 Å². The van der Waals surface area contributed by atoms with Crippen LogP contribution in [0.1, 0.15) is 22.7 Å². The summed E-state index contributed by atoms with van der Waals surface area (Å²) in [6, 6.07) is 11.3. The van der Waals surface area contributed by atoms with Gasteiger partial charge in [0.25, 0.3) is 11.7 Å². The smallest absolute Gasteiger partial charge is 0.416 e. The fraction of sp³-hybridized carbons (Fsp3) is 0.0833. The number of aliphatic hydroxyl groups excluding tert-OH is 1. The Morgan fingerprint density at radius 3 is 2.06 bits per heavy atom. The van der Waals surface area contributed by atoms with Gasteiger partial charge in [-0.1, -0.05) is 35.3 Å². The standard InChI is InChI=1S/C24H13Cl2F4NO3/c25-17-10-3-13(11-18(17)26)21(32)19-20(12-1-6-15(27)7-2-12)31(23(34)22(19)33)16-8-4-14(5-9-16)24(28,29)30/h1-11,20,32H/b21-19-. The normalized spacial score (nSPS) is 17.9. The van der Waals surface area contributed by atoms with Gasteiger partial charge in [0.1, 0.15) is 11.6 Å². The van der Waals surface area contributed by atoms with Crippen molar-refractivity contribution in [1.29, 1.82) is 0 Å². The lowest BCUT2D eigenvalue weighted by Crippen LogP contribution is -2.29. The van der Waals surface area contributed by atoms with Crippen molar-refractivity contribution in [2.24, 2.45) is 0 Å². The third-order valence-electron chi connectivity index (χ3n) is 5.30. The molecule has 174 valence electrons. The Hall–Kier alpha value is -3.36. The molecule has 0 saturated carbocycles. The number of Topliss-reactive ketones (excluding diaryl/α,β-unsaturated/α-hetero) is 1. The van der Waals surface area contributed by atoms with E-state index < -0.39 is 41.0 Å². The first-order chi connectivity index (χ1) is 16.0. The zero-order valence-corrected chi connectivity index (χ0v) is 18.4. The van der Waals surface area contributed by atoms with Crippen LogP contribution in [0.4, 0.5) is 23.2 Å². The fourth-order valence-electron chi connectivity index (χ4n) is 3.67. The maximum atomic E-state index is 13.6. The Kier molecular flexibility index (Phi) is 6.14. The van der Waals surface area contributed by atoms with Crippen molar-refractivity contribution in [3.63, 3.8) is 0 Å². The molecule has 1 heterocycles. The molecule has 1 atom stereocenters. The third-order valence-corrected chi connectivity index (χ3v) is 6.04. The van der Waals surface area contributed by atoms with Gasteiger partial charge in [0, 0.05) is 11.3 Å². The van der Waals surface area contributed by atoms with E-state index >= 15 is 0 Å². The number of amides is 1. The van der Waals surface area contributed by atoms with E-state index in [2.05, 4.69) is 0 Å². The maximum Gasteiger partial charge on any atom is 0.416 e. The predicted molar refractivity (Wildman–Crippen MR) is 119 cm³/mol. The molecule has 4 rings (SSSR count). The van der Waals surface area contributed by atoms with E-state index in [1.165, 1.54) is 30.3 Å². The average molecular weight is 510 g/mol. The number of aliphatic hydroxyl groups is 1. The number of anilines is 1. The molecule has 1 amide bonds. The minimum absolute atomic E-state index is 0.0161. The maximum absolute atomic E-state index is 13.6. The molecule has 4 nitrogen and oxygen atoms in total. The zero-order valence-electron chi connectivity index (χ0n) is 16.9. The van der Waals surface area contributed by atoms with Crippen molar-refractivity contribution in [3.05, 3.63) is 105 Å². The van der Waals surface area contributed by atoms with Gasteiger partial charge in [-0.15, -0.1) is 0 Å². The van der Waals surface area contributed by atoms with Crippen molar-refractivity contribution in [2.45, 2.75) is 12.2 Å². The lowest BCUT2D eigenvalue weighted by atomic mass is 9.95. The van der Waals surface area contributed by atoms with Crippen LogP contribution in [0.5, 0.6) is 0 Å². The Bertz CT molecular complexity index is 1320. The Morgan fingerprint density at radius 1 is 0.882 bits per heavy atom. The molecule has 1 N–H and O–H groups in total. The van der Waals surface area contributed by atoms with Crippen molar-refractivity contribution in [1.82, 2.24) is 0 Å². The molecule has 0 spiro atoms. The summed E-state index contributed by atoms with van der Waals surface area (Å²) in [6.07, 6.45) is -4.60. The van der Waals surface area contributed by atoms with Crippen LogP contribution in [0, 0.1) is 5.82 Å². The topological polar surface area (TPSA) is 57.6 Å². The lowest BCUT2D eigenvalue weighted by Gasteiger charge is -2.25. The first kappa shape index (κ1) is 23.8. The van der Waals surface area contributed by atoms with Gasteiger partial charge in [0.05, 0.1) is 27.2 Å². The van der Waals surface area contributed by atoms with Gasteiger partial charge < -0.3 is 5.11 Å². The largest absolute Gasteiger partial charge is 0.507 e. The summed E-state index contributed by atoms with van der Waals surface area (Å²) < 4.78 is 52.6. The van der Waals surface area contributed by atoms with Gasteiger partial charge in [-0.3, -0.25) is 14.5 Å². The second-order valence-electron chi connectivity index (χ2n) is 7.39. The lowest BCUT2D eigenvalue weighted by molar-refractivity contribution is -0.137.